The monoisotopic (exact) mass is 393 g/mol. The Morgan fingerprint density at radius 3 is 2.83 bits per heavy atom. The van der Waals surface area contributed by atoms with E-state index in [-0.39, 0.29) is 17.2 Å². The highest BCUT2D eigenvalue weighted by atomic mass is 19.1. The number of phenolic OH excluding ortho intramolecular Hbond substituents is 1. The molecule has 4 rings (SSSR count). The third kappa shape index (κ3) is 3.70. The van der Waals surface area contributed by atoms with E-state index < -0.39 is 6.17 Å². The Morgan fingerprint density at radius 2 is 2.10 bits per heavy atom. The molecule has 1 aromatic carbocycles. The maximum absolute atomic E-state index is 14.6. The van der Waals surface area contributed by atoms with Crippen molar-refractivity contribution < 1.29 is 9.50 Å². The summed E-state index contributed by atoms with van der Waals surface area (Å²) in [4.78, 5) is 8.43. The van der Waals surface area contributed by atoms with Crippen molar-refractivity contribution in [2.75, 3.05) is 7.05 Å². The van der Waals surface area contributed by atoms with Gasteiger partial charge in [0.15, 0.2) is 5.82 Å². The molecular formula is C22H24FN5O. The number of aromatic hydroxyl groups is 1. The summed E-state index contributed by atoms with van der Waals surface area (Å²) in [6, 6.07) is 5.32. The smallest absolute Gasteiger partial charge is 0.177 e. The predicted molar refractivity (Wildman–Crippen MR) is 111 cm³/mol. The standard InChI is InChI=1S/C22H24FN5O/c1-13(17-10-22(2,24-3)6-4-18(17)23)21-26-12-19(27-28-21)16-8-14-5-7-25-11-15(14)9-20(16)29/h5,7-9,11-12,17-18,24,29H,1,4,6,10H2,2-3H3/t17-,18?,22+/m1/s1. The van der Waals surface area contributed by atoms with Crippen molar-refractivity contribution in [3.05, 3.63) is 49.2 Å². The van der Waals surface area contributed by atoms with Crippen LogP contribution in [0.25, 0.3) is 27.6 Å². The number of halogens is 1. The van der Waals surface area contributed by atoms with Crippen molar-refractivity contribution in [2.24, 2.45) is 5.92 Å². The van der Waals surface area contributed by atoms with Gasteiger partial charge < -0.3 is 10.4 Å². The first kappa shape index (κ1) is 19.4. The summed E-state index contributed by atoms with van der Waals surface area (Å²) in [5.74, 6) is 0.0655. The zero-order valence-electron chi connectivity index (χ0n) is 16.6. The van der Waals surface area contributed by atoms with Crippen molar-refractivity contribution >= 4 is 16.3 Å². The van der Waals surface area contributed by atoms with Crippen LogP contribution in [-0.2, 0) is 0 Å². The van der Waals surface area contributed by atoms with E-state index in [2.05, 4.69) is 39.0 Å². The number of rotatable bonds is 4. The van der Waals surface area contributed by atoms with Gasteiger partial charge in [-0.25, -0.2) is 9.37 Å². The van der Waals surface area contributed by atoms with Gasteiger partial charge in [-0.1, -0.05) is 6.58 Å². The van der Waals surface area contributed by atoms with Gasteiger partial charge in [-0.3, -0.25) is 4.98 Å². The quantitative estimate of drug-likeness (QED) is 0.699. The molecule has 1 fully saturated rings. The molecule has 0 aliphatic heterocycles. The van der Waals surface area contributed by atoms with E-state index in [1.807, 2.05) is 19.2 Å². The first-order valence-electron chi connectivity index (χ1n) is 9.69. The fourth-order valence-electron chi connectivity index (χ4n) is 3.98. The van der Waals surface area contributed by atoms with E-state index >= 15 is 0 Å². The third-order valence-electron chi connectivity index (χ3n) is 6.01. The number of pyridine rings is 1. The molecular weight excluding hydrogens is 369 g/mol. The van der Waals surface area contributed by atoms with E-state index in [9.17, 15) is 9.50 Å². The number of aromatic nitrogens is 4. The lowest BCUT2D eigenvalue weighted by molar-refractivity contribution is 0.134. The van der Waals surface area contributed by atoms with Crippen LogP contribution in [0.4, 0.5) is 4.39 Å². The second-order valence-corrected chi connectivity index (χ2v) is 7.96. The summed E-state index contributed by atoms with van der Waals surface area (Å²) in [6.07, 6.45) is 5.85. The number of hydrogen-bond acceptors (Lipinski definition) is 6. The number of fused-ring (bicyclic) bond motifs is 1. The summed E-state index contributed by atoms with van der Waals surface area (Å²) in [5.41, 5.74) is 1.41. The molecule has 29 heavy (non-hydrogen) atoms. The molecule has 2 N–H and O–H groups in total. The van der Waals surface area contributed by atoms with Crippen molar-refractivity contribution in [1.82, 2.24) is 25.5 Å². The van der Waals surface area contributed by atoms with Gasteiger partial charge in [-0.2, -0.15) is 0 Å². The normalized spacial score (nSPS) is 24.5. The molecule has 1 aliphatic carbocycles. The van der Waals surface area contributed by atoms with Gasteiger partial charge in [0.2, 0.25) is 0 Å². The Kier molecular flexibility index (Phi) is 5.00. The van der Waals surface area contributed by atoms with Crippen molar-refractivity contribution in [3.63, 3.8) is 0 Å². The van der Waals surface area contributed by atoms with Crippen LogP contribution in [0.3, 0.4) is 0 Å². The number of nitrogens with one attached hydrogen (secondary N) is 1. The highest BCUT2D eigenvalue weighted by Crippen LogP contribution is 2.40. The second-order valence-electron chi connectivity index (χ2n) is 7.96. The first-order chi connectivity index (χ1) is 13.9. The van der Waals surface area contributed by atoms with Gasteiger partial charge in [0.05, 0.1) is 6.20 Å². The van der Waals surface area contributed by atoms with E-state index in [4.69, 9.17) is 0 Å². The molecule has 0 saturated heterocycles. The Bertz CT molecular complexity index is 1050. The zero-order valence-corrected chi connectivity index (χ0v) is 16.6. The van der Waals surface area contributed by atoms with Gasteiger partial charge in [-0.05, 0) is 62.4 Å². The summed E-state index contributed by atoms with van der Waals surface area (Å²) >= 11 is 0. The molecule has 7 heteroatoms. The average molecular weight is 393 g/mol. The van der Waals surface area contributed by atoms with Crippen LogP contribution < -0.4 is 5.32 Å². The molecule has 0 amide bonds. The van der Waals surface area contributed by atoms with Crippen LogP contribution >= 0.6 is 0 Å². The predicted octanol–water partition coefficient (Wildman–Crippen LogP) is 3.92. The molecule has 0 bridgehead atoms. The Morgan fingerprint density at radius 1 is 1.28 bits per heavy atom. The Balaban J connectivity index is 1.61. The molecule has 2 aromatic heterocycles. The minimum absolute atomic E-state index is 0.0778. The number of phenols is 1. The molecule has 3 aromatic rings. The third-order valence-corrected chi connectivity index (χ3v) is 6.01. The van der Waals surface area contributed by atoms with E-state index in [1.54, 1.807) is 24.7 Å². The zero-order chi connectivity index (χ0) is 20.6. The Hall–Kier alpha value is -2.93. The minimum Gasteiger partial charge on any atom is -0.507 e. The molecule has 1 saturated carbocycles. The number of nitrogens with zero attached hydrogens (tertiary/aromatic N) is 4. The van der Waals surface area contributed by atoms with Crippen molar-refractivity contribution in [3.8, 4) is 17.0 Å². The van der Waals surface area contributed by atoms with E-state index in [0.717, 1.165) is 17.2 Å². The summed E-state index contributed by atoms with van der Waals surface area (Å²) < 4.78 is 14.6. The van der Waals surface area contributed by atoms with E-state index in [1.165, 1.54) is 0 Å². The van der Waals surface area contributed by atoms with Crippen LogP contribution in [0, 0.1) is 5.92 Å². The van der Waals surface area contributed by atoms with Gasteiger partial charge in [0.25, 0.3) is 0 Å². The minimum atomic E-state index is -0.967. The largest absolute Gasteiger partial charge is 0.507 e. The fraction of sp³-hybridized carbons (Fsp3) is 0.364. The topological polar surface area (TPSA) is 83.8 Å². The molecule has 6 nitrogen and oxygen atoms in total. The second kappa shape index (κ2) is 7.48. The molecule has 2 heterocycles. The number of benzene rings is 1. The van der Waals surface area contributed by atoms with Crippen LogP contribution in [0.5, 0.6) is 5.75 Å². The van der Waals surface area contributed by atoms with Crippen LogP contribution in [0.2, 0.25) is 0 Å². The summed E-state index contributed by atoms with van der Waals surface area (Å²) in [6.45, 7) is 6.17. The lowest BCUT2D eigenvalue weighted by Gasteiger charge is -2.40. The van der Waals surface area contributed by atoms with Crippen LogP contribution in [0.1, 0.15) is 32.0 Å². The lowest BCUT2D eigenvalue weighted by Crippen LogP contribution is -2.47. The highest BCUT2D eigenvalue weighted by Gasteiger charge is 2.39. The molecule has 0 radical (unpaired) electrons. The van der Waals surface area contributed by atoms with Crippen molar-refractivity contribution in [1.29, 1.82) is 0 Å². The number of allylic oxidation sites excluding steroid dienone is 1. The SMILES string of the molecule is C=C(c1ncc(-c2cc3ccncc3cc2O)nn1)[C@H]1C[C@@](C)(NC)CCC1F. The molecule has 150 valence electrons. The summed E-state index contributed by atoms with van der Waals surface area (Å²) in [5, 5.41) is 23.8. The van der Waals surface area contributed by atoms with Crippen LogP contribution in [0.15, 0.2) is 43.4 Å². The molecule has 1 unspecified atom stereocenters. The molecule has 0 spiro atoms. The fourth-order valence-corrected chi connectivity index (χ4v) is 3.98. The molecule has 3 atom stereocenters. The highest BCUT2D eigenvalue weighted by molar-refractivity contribution is 5.89. The first-order valence-corrected chi connectivity index (χ1v) is 9.69. The maximum atomic E-state index is 14.6. The summed E-state index contributed by atoms with van der Waals surface area (Å²) in [7, 11) is 1.90. The maximum Gasteiger partial charge on any atom is 0.177 e. The average Bonchev–Trinajstić information content (AvgIpc) is 2.75. The van der Waals surface area contributed by atoms with Crippen LogP contribution in [-0.4, -0.2) is 44.0 Å². The van der Waals surface area contributed by atoms with Gasteiger partial charge >= 0.3 is 0 Å². The van der Waals surface area contributed by atoms with Crippen molar-refractivity contribution in [2.45, 2.75) is 37.9 Å². The number of hydrogen-bond donors (Lipinski definition) is 2. The Labute approximate surface area is 168 Å². The number of alkyl halides is 1. The lowest BCUT2D eigenvalue weighted by atomic mass is 9.73. The van der Waals surface area contributed by atoms with Gasteiger partial charge in [0.1, 0.15) is 17.6 Å². The van der Waals surface area contributed by atoms with Gasteiger partial charge in [-0.15, -0.1) is 10.2 Å². The van der Waals surface area contributed by atoms with E-state index in [0.29, 0.717) is 35.5 Å². The molecule has 1 aliphatic rings. The van der Waals surface area contributed by atoms with Gasteiger partial charge in [0, 0.05) is 34.8 Å².